The van der Waals surface area contributed by atoms with E-state index in [1.165, 1.54) is 11.1 Å². The van der Waals surface area contributed by atoms with E-state index < -0.39 is 5.60 Å². The first-order valence-corrected chi connectivity index (χ1v) is 6.89. The highest BCUT2D eigenvalue weighted by atomic mass is 16.5. The van der Waals surface area contributed by atoms with E-state index in [1.807, 2.05) is 13.8 Å². The third-order valence-corrected chi connectivity index (χ3v) is 3.84. The second kappa shape index (κ2) is 5.57. The molecular weight excluding hydrogens is 240 g/mol. The van der Waals surface area contributed by atoms with E-state index in [4.69, 9.17) is 4.74 Å². The molecule has 0 radical (unpaired) electrons. The fraction of sp³-hybridized carbons (Fsp3) is 0.667. The number of aryl methyl sites for hydroxylation is 3. The summed E-state index contributed by atoms with van der Waals surface area (Å²) in [7, 11) is 0. The van der Waals surface area contributed by atoms with Gasteiger partial charge in [-0.1, -0.05) is 0 Å². The van der Waals surface area contributed by atoms with Crippen molar-refractivity contribution in [3.8, 4) is 0 Å². The van der Waals surface area contributed by atoms with Gasteiger partial charge in [0.15, 0.2) is 0 Å². The molecule has 2 N–H and O–H groups in total. The van der Waals surface area contributed by atoms with Crippen LogP contribution in [-0.2, 0) is 4.74 Å². The van der Waals surface area contributed by atoms with Gasteiger partial charge in [0.2, 0.25) is 0 Å². The number of hydrogen-bond donors (Lipinski definition) is 2. The van der Waals surface area contributed by atoms with Crippen LogP contribution in [0, 0.1) is 20.8 Å². The molecule has 106 valence electrons. The van der Waals surface area contributed by atoms with Gasteiger partial charge in [-0.05, 0) is 44.9 Å². The first-order valence-electron chi connectivity index (χ1n) is 6.89. The molecule has 0 aliphatic carbocycles. The van der Waals surface area contributed by atoms with Crippen LogP contribution in [0.3, 0.4) is 0 Å². The van der Waals surface area contributed by atoms with Gasteiger partial charge in [-0.3, -0.25) is 4.98 Å². The van der Waals surface area contributed by atoms with Crippen LogP contribution in [0.15, 0.2) is 6.07 Å². The Bertz CT molecular complexity index is 430. The van der Waals surface area contributed by atoms with E-state index in [1.54, 1.807) is 0 Å². The van der Waals surface area contributed by atoms with E-state index in [-0.39, 0.29) is 6.04 Å². The molecule has 1 saturated heterocycles. The third-order valence-electron chi connectivity index (χ3n) is 3.84. The van der Waals surface area contributed by atoms with Crippen LogP contribution in [0.2, 0.25) is 0 Å². The lowest BCUT2D eigenvalue weighted by molar-refractivity contribution is 0.0251. The highest BCUT2D eigenvalue weighted by molar-refractivity contribution is 5.33. The zero-order valence-electron chi connectivity index (χ0n) is 12.3. The zero-order valence-corrected chi connectivity index (χ0v) is 12.3. The normalized spacial score (nSPS) is 24.7. The minimum Gasteiger partial charge on any atom is -0.386 e. The van der Waals surface area contributed by atoms with Gasteiger partial charge < -0.3 is 15.2 Å². The van der Waals surface area contributed by atoms with Gasteiger partial charge in [-0.2, -0.15) is 0 Å². The average Bonchev–Trinajstić information content (AvgIpc) is 2.73. The lowest BCUT2D eigenvalue weighted by Crippen LogP contribution is -2.42. The second-order valence-corrected chi connectivity index (χ2v) is 5.71. The molecule has 0 spiro atoms. The molecule has 2 atom stereocenters. The number of nitrogens with one attached hydrogen (secondary N) is 1. The Kier molecular flexibility index (Phi) is 4.23. The molecule has 1 aliphatic heterocycles. The lowest BCUT2D eigenvalue weighted by Gasteiger charge is -2.25. The second-order valence-electron chi connectivity index (χ2n) is 5.71. The predicted molar refractivity (Wildman–Crippen MR) is 75.3 cm³/mol. The SMILES string of the molecule is Cc1cc(C)c(C(C)NCC2(O)CCOC2)c(C)n1. The summed E-state index contributed by atoms with van der Waals surface area (Å²) in [5.41, 5.74) is 3.88. The maximum atomic E-state index is 10.3. The van der Waals surface area contributed by atoms with Crippen molar-refractivity contribution in [3.63, 3.8) is 0 Å². The van der Waals surface area contributed by atoms with Crippen LogP contribution >= 0.6 is 0 Å². The van der Waals surface area contributed by atoms with E-state index in [0.29, 0.717) is 26.2 Å². The quantitative estimate of drug-likeness (QED) is 0.871. The van der Waals surface area contributed by atoms with Gasteiger partial charge >= 0.3 is 0 Å². The Labute approximate surface area is 115 Å². The monoisotopic (exact) mass is 264 g/mol. The summed E-state index contributed by atoms with van der Waals surface area (Å²) in [4.78, 5) is 4.53. The fourth-order valence-electron chi connectivity index (χ4n) is 2.87. The standard InChI is InChI=1S/C15H24N2O2/c1-10-7-11(2)17-13(4)14(10)12(3)16-8-15(18)5-6-19-9-15/h7,12,16,18H,5-6,8-9H2,1-4H3. The summed E-state index contributed by atoms with van der Waals surface area (Å²) in [6.45, 7) is 9.92. The van der Waals surface area contributed by atoms with Gasteiger partial charge in [-0.25, -0.2) is 0 Å². The molecule has 1 aromatic heterocycles. The fourth-order valence-corrected chi connectivity index (χ4v) is 2.87. The summed E-state index contributed by atoms with van der Waals surface area (Å²) in [6.07, 6.45) is 0.705. The van der Waals surface area contributed by atoms with Crippen molar-refractivity contribution < 1.29 is 9.84 Å². The Balaban J connectivity index is 2.06. The minimum absolute atomic E-state index is 0.178. The maximum absolute atomic E-state index is 10.3. The molecule has 19 heavy (non-hydrogen) atoms. The van der Waals surface area contributed by atoms with Crippen LogP contribution < -0.4 is 5.32 Å². The molecule has 4 nitrogen and oxygen atoms in total. The summed E-state index contributed by atoms with van der Waals surface area (Å²) < 4.78 is 5.26. The van der Waals surface area contributed by atoms with E-state index in [0.717, 1.165) is 11.4 Å². The van der Waals surface area contributed by atoms with Gasteiger partial charge in [0.25, 0.3) is 0 Å². The molecular formula is C15H24N2O2. The number of hydrogen-bond acceptors (Lipinski definition) is 4. The van der Waals surface area contributed by atoms with Crippen LogP contribution in [-0.4, -0.2) is 35.5 Å². The smallest absolute Gasteiger partial charge is 0.103 e. The van der Waals surface area contributed by atoms with Gasteiger partial charge in [0.05, 0.1) is 6.61 Å². The molecule has 2 rings (SSSR count). The molecule has 0 bridgehead atoms. The van der Waals surface area contributed by atoms with Crippen molar-refractivity contribution in [1.82, 2.24) is 10.3 Å². The first-order chi connectivity index (χ1) is 8.91. The Hall–Kier alpha value is -0.970. The number of nitrogens with zero attached hydrogens (tertiary/aromatic N) is 1. The summed E-state index contributed by atoms with van der Waals surface area (Å²) in [5.74, 6) is 0. The summed E-state index contributed by atoms with van der Waals surface area (Å²) in [6, 6.07) is 2.28. The molecule has 1 aliphatic rings. The number of ether oxygens (including phenoxy) is 1. The van der Waals surface area contributed by atoms with Crippen molar-refractivity contribution in [2.45, 2.75) is 45.8 Å². The highest BCUT2D eigenvalue weighted by Gasteiger charge is 2.32. The average molecular weight is 264 g/mol. The number of rotatable bonds is 4. The van der Waals surface area contributed by atoms with Crippen molar-refractivity contribution >= 4 is 0 Å². The van der Waals surface area contributed by atoms with Gasteiger partial charge in [0, 0.05) is 37.0 Å². The van der Waals surface area contributed by atoms with Gasteiger partial charge in [-0.15, -0.1) is 0 Å². The topological polar surface area (TPSA) is 54.4 Å². The molecule has 4 heteroatoms. The minimum atomic E-state index is -0.714. The number of pyridine rings is 1. The Morgan fingerprint density at radius 2 is 2.21 bits per heavy atom. The van der Waals surface area contributed by atoms with Gasteiger partial charge in [0.1, 0.15) is 5.60 Å². The van der Waals surface area contributed by atoms with Crippen molar-refractivity contribution in [2.24, 2.45) is 0 Å². The maximum Gasteiger partial charge on any atom is 0.103 e. The molecule has 0 saturated carbocycles. The van der Waals surface area contributed by atoms with Crippen molar-refractivity contribution in [2.75, 3.05) is 19.8 Å². The number of aliphatic hydroxyl groups is 1. The molecule has 0 amide bonds. The Morgan fingerprint density at radius 1 is 1.47 bits per heavy atom. The molecule has 2 unspecified atom stereocenters. The van der Waals surface area contributed by atoms with Crippen molar-refractivity contribution in [3.05, 3.63) is 28.6 Å². The summed E-state index contributed by atoms with van der Waals surface area (Å²) >= 11 is 0. The molecule has 1 aromatic rings. The van der Waals surface area contributed by atoms with E-state index in [2.05, 4.69) is 30.2 Å². The third kappa shape index (κ3) is 3.32. The Morgan fingerprint density at radius 3 is 2.79 bits per heavy atom. The summed E-state index contributed by atoms with van der Waals surface area (Å²) in [5, 5.41) is 13.7. The number of aromatic nitrogens is 1. The van der Waals surface area contributed by atoms with E-state index >= 15 is 0 Å². The van der Waals surface area contributed by atoms with Crippen LogP contribution in [0.25, 0.3) is 0 Å². The van der Waals surface area contributed by atoms with Crippen molar-refractivity contribution in [1.29, 1.82) is 0 Å². The predicted octanol–water partition coefficient (Wildman–Crippen LogP) is 1.81. The van der Waals surface area contributed by atoms with Crippen LogP contribution in [0.4, 0.5) is 0 Å². The largest absolute Gasteiger partial charge is 0.386 e. The molecule has 0 aromatic carbocycles. The van der Waals surface area contributed by atoms with Crippen LogP contribution in [0.1, 0.15) is 41.9 Å². The highest BCUT2D eigenvalue weighted by Crippen LogP contribution is 2.23. The lowest BCUT2D eigenvalue weighted by atomic mass is 9.98. The zero-order chi connectivity index (χ0) is 14.0. The van der Waals surface area contributed by atoms with Crippen LogP contribution in [0.5, 0.6) is 0 Å². The molecule has 1 fully saturated rings. The molecule has 2 heterocycles. The first kappa shape index (κ1) is 14.4. The van der Waals surface area contributed by atoms with E-state index in [9.17, 15) is 5.11 Å².